The van der Waals surface area contributed by atoms with E-state index in [4.69, 9.17) is 9.47 Å². The number of benzene rings is 2. The van der Waals surface area contributed by atoms with Crippen LogP contribution in [0.2, 0.25) is 0 Å². The summed E-state index contributed by atoms with van der Waals surface area (Å²) in [6.45, 7) is 2.71. The first-order valence-corrected chi connectivity index (χ1v) is 11.9. The number of nitrogens with zero attached hydrogens (tertiary/aromatic N) is 5. The van der Waals surface area contributed by atoms with Crippen LogP contribution >= 0.6 is 0 Å². The standard InChI is InChI=1S/C22H27N5O5S/c1-4-5-13-27-21(23-24-25-27)16-32-22(28)18-11-12-19(31-3)20(14-18)33(29,30)26(2)15-17-9-7-6-8-10-17/h6-12,14H,4-5,13,15-16H2,1-3H3. The van der Waals surface area contributed by atoms with Crippen molar-refractivity contribution in [2.24, 2.45) is 0 Å². The number of methoxy groups -OCH3 is 1. The number of hydrogen-bond acceptors (Lipinski definition) is 8. The second-order valence-corrected chi connectivity index (χ2v) is 9.37. The van der Waals surface area contributed by atoms with Gasteiger partial charge in [0.2, 0.25) is 10.0 Å². The van der Waals surface area contributed by atoms with Crippen LogP contribution in [0, 0.1) is 0 Å². The van der Waals surface area contributed by atoms with Crippen molar-refractivity contribution in [3.05, 3.63) is 65.5 Å². The average Bonchev–Trinajstić information content (AvgIpc) is 3.28. The van der Waals surface area contributed by atoms with E-state index < -0.39 is 16.0 Å². The number of carbonyl (C=O) groups is 1. The summed E-state index contributed by atoms with van der Waals surface area (Å²) >= 11 is 0. The first-order valence-electron chi connectivity index (χ1n) is 10.5. The van der Waals surface area contributed by atoms with E-state index in [1.165, 1.54) is 36.7 Å². The van der Waals surface area contributed by atoms with Gasteiger partial charge in [-0.25, -0.2) is 17.9 Å². The van der Waals surface area contributed by atoms with E-state index in [0.717, 1.165) is 18.4 Å². The van der Waals surface area contributed by atoms with Crippen LogP contribution in [0.5, 0.6) is 5.75 Å². The lowest BCUT2D eigenvalue weighted by Crippen LogP contribution is -2.27. The summed E-state index contributed by atoms with van der Waals surface area (Å²) in [6, 6.07) is 13.4. The minimum absolute atomic E-state index is 0.0788. The molecule has 0 atom stereocenters. The number of carbonyl (C=O) groups excluding carboxylic acids is 1. The highest BCUT2D eigenvalue weighted by Gasteiger charge is 2.27. The normalized spacial score (nSPS) is 11.5. The Morgan fingerprint density at radius 1 is 1.15 bits per heavy atom. The number of hydrogen-bond donors (Lipinski definition) is 0. The summed E-state index contributed by atoms with van der Waals surface area (Å²) in [5.74, 6) is -0.138. The van der Waals surface area contributed by atoms with E-state index in [1.807, 2.05) is 30.3 Å². The number of esters is 1. The van der Waals surface area contributed by atoms with E-state index in [9.17, 15) is 13.2 Å². The molecule has 0 aliphatic rings. The smallest absolute Gasteiger partial charge is 0.338 e. The molecule has 0 N–H and O–H groups in total. The number of unbranched alkanes of at least 4 members (excludes halogenated alkanes) is 1. The molecule has 0 saturated carbocycles. The molecule has 3 rings (SSSR count). The van der Waals surface area contributed by atoms with Crippen LogP contribution in [0.25, 0.3) is 0 Å². The third kappa shape index (κ3) is 5.93. The Labute approximate surface area is 193 Å². The summed E-state index contributed by atoms with van der Waals surface area (Å²) in [7, 11) is -1.10. The van der Waals surface area contributed by atoms with E-state index in [-0.39, 0.29) is 29.4 Å². The van der Waals surface area contributed by atoms with Gasteiger partial charge in [0.15, 0.2) is 12.4 Å². The molecule has 3 aromatic rings. The van der Waals surface area contributed by atoms with Crippen molar-refractivity contribution in [2.45, 2.75) is 44.4 Å². The van der Waals surface area contributed by atoms with Crippen molar-refractivity contribution in [3.8, 4) is 5.75 Å². The van der Waals surface area contributed by atoms with Crippen LogP contribution in [0.3, 0.4) is 0 Å². The molecule has 33 heavy (non-hydrogen) atoms. The first-order chi connectivity index (χ1) is 15.9. The number of ether oxygens (including phenoxy) is 2. The van der Waals surface area contributed by atoms with Crippen molar-refractivity contribution >= 4 is 16.0 Å². The number of aromatic nitrogens is 4. The molecule has 0 bridgehead atoms. The predicted octanol–water partition coefficient (Wildman–Crippen LogP) is 2.66. The molecular formula is C22H27N5O5S. The van der Waals surface area contributed by atoms with Crippen molar-refractivity contribution in [2.75, 3.05) is 14.2 Å². The lowest BCUT2D eigenvalue weighted by atomic mass is 10.2. The monoisotopic (exact) mass is 473 g/mol. The van der Waals surface area contributed by atoms with Gasteiger partial charge < -0.3 is 9.47 Å². The Hall–Kier alpha value is -3.31. The zero-order valence-corrected chi connectivity index (χ0v) is 19.7. The van der Waals surface area contributed by atoms with Crippen LogP contribution in [0.4, 0.5) is 0 Å². The molecule has 10 nitrogen and oxygen atoms in total. The number of tetrazole rings is 1. The molecule has 0 amide bonds. The number of rotatable bonds is 11. The average molecular weight is 474 g/mol. The molecular weight excluding hydrogens is 446 g/mol. The Morgan fingerprint density at radius 2 is 1.91 bits per heavy atom. The number of sulfonamides is 1. The van der Waals surface area contributed by atoms with Crippen molar-refractivity contribution in [1.29, 1.82) is 0 Å². The van der Waals surface area contributed by atoms with Crippen LogP contribution < -0.4 is 4.74 Å². The summed E-state index contributed by atoms with van der Waals surface area (Å²) < 4.78 is 39.9. The molecule has 0 aliphatic carbocycles. The Bertz CT molecular complexity index is 1180. The van der Waals surface area contributed by atoms with Gasteiger partial charge in [-0.2, -0.15) is 4.31 Å². The SMILES string of the molecule is CCCCn1nnnc1COC(=O)c1ccc(OC)c(S(=O)(=O)N(C)Cc2ccccc2)c1. The fraction of sp³-hybridized carbons (Fsp3) is 0.364. The van der Waals surface area contributed by atoms with E-state index in [2.05, 4.69) is 22.4 Å². The van der Waals surface area contributed by atoms with Gasteiger partial charge in [0, 0.05) is 20.1 Å². The maximum atomic E-state index is 13.2. The third-order valence-electron chi connectivity index (χ3n) is 5.00. The van der Waals surface area contributed by atoms with Crippen LogP contribution in [-0.2, 0) is 34.5 Å². The molecule has 0 saturated heterocycles. The van der Waals surface area contributed by atoms with Gasteiger partial charge in [0.1, 0.15) is 10.6 Å². The van der Waals surface area contributed by atoms with Crippen molar-refractivity contribution in [3.63, 3.8) is 0 Å². The first kappa shape index (κ1) is 24.3. The predicted molar refractivity (Wildman–Crippen MR) is 120 cm³/mol. The van der Waals surface area contributed by atoms with Crippen molar-refractivity contribution < 1.29 is 22.7 Å². The molecule has 0 aliphatic heterocycles. The summed E-state index contributed by atoms with van der Waals surface area (Å²) in [6.07, 6.45) is 1.86. The molecule has 11 heteroatoms. The fourth-order valence-electron chi connectivity index (χ4n) is 3.12. The van der Waals surface area contributed by atoms with Gasteiger partial charge in [0.25, 0.3) is 0 Å². The van der Waals surface area contributed by atoms with Gasteiger partial charge in [0.05, 0.1) is 12.7 Å². The Kier molecular flexibility index (Phi) is 8.12. The van der Waals surface area contributed by atoms with E-state index in [1.54, 1.807) is 4.68 Å². The van der Waals surface area contributed by atoms with Gasteiger partial charge in [-0.15, -0.1) is 5.10 Å². The minimum atomic E-state index is -3.95. The third-order valence-corrected chi connectivity index (χ3v) is 6.82. The highest BCUT2D eigenvalue weighted by Crippen LogP contribution is 2.28. The molecule has 2 aromatic carbocycles. The highest BCUT2D eigenvalue weighted by atomic mass is 32.2. The van der Waals surface area contributed by atoms with Crippen molar-refractivity contribution in [1.82, 2.24) is 24.5 Å². The molecule has 0 radical (unpaired) electrons. The Balaban J connectivity index is 1.78. The van der Waals surface area contributed by atoms with Gasteiger partial charge >= 0.3 is 5.97 Å². The minimum Gasteiger partial charge on any atom is -0.495 e. The molecule has 1 heterocycles. The van der Waals surface area contributed by atoms with Gasteiger partial charge in [-0.1, -0.05) is 43.7 Å². The highest BCUT2D eigenvalue weighted by molar-refractivity contribution is 7.89. The Morgan fingerprint density at radius 3 is 2.61 bits per heavy atom. The van der Waals surface area contributed by atoms with Crippen LogP contribution in [-0.4, -0.2) is 53.1 Å². The summed E-state index contributed by atoms with van der Waals surface area (Å²) in [5, 5.41) is 11.4. The maximum absolute atomic E-state index is 13.2. The largest absolute Gasteiger partial charge is 0.495 e. The summed E-state index contributed by atoms with van der Waals surface area (Å²) in [5.41, 5.74) is 0.911. The lowest BCUT2D eigenvalue weighted by Gasteiger charge is -2.19. The fourth-order valence-corrected chi connectivity index (χ4v) is 4.46. The molecule has 0 spiro atoms. The zero-order chi connectivity index (χ0) is 23.8. The van der Waals surface area contributed by atoms with Crippen LogP contribution in [0.15, 0.2) is 53.4 Å². The quantitative estimate of drug-likeness (QED) is 0.390. The molecule has 176 valence electrons. The molecule has 0 fully saturated rings. The van der Waals surface area contributed by atoms with Gasteiger partial charge in [-0.3, -0.25) is 0 Å². The second-order valence-electron chi connectivity index (χ2n) is 7.36. The topological polar surface area (TPSA) is 117 Å². The molecule has 1 aromatic heterocycles. The van der Waals surface area contributed by atoms with Crippen LogP contribution in [0.1, 0.15) is 41.5 Å². The second kappa shape index (κ2) is 11.0. The maximum Gasteiger partial charge on any atom is 0.338 e. The molecule has 0 unspecified atom stereocenters. The van der Waals surface area contributed by atoms with Gasteiger partial charge in [-0.05, 0) is 40.6 Å². The number of aryl methyl sites for hydroxylation is 1. The lowest BCUT2D eigenvalue weighted by molar-refractivity contribution is 0.0456. The van der Waals surface area contributed by atoms with E-state index in [0.29, 0.717) is 12.4 Å². The zero-order valence-electron chi connectivity index (χ0n) is 18.8. The van der Waals surface area contributed by atoms with E-state index >= 15 is 0 Å². The summed E-state index contributed by atoms with van der Waals surface area (Å²) in [4.78, 5) is 12.5.